The van der Waals surface area contributed by atoms with Crippen molar-refractivity contribution in [3.8, 4) is 5.88 Å². The van der Waals surface area contributed by atoms with Crippen molar-refractivity contribution in [3.63, 3.8) is 0 Å². The van der Waals surface area contributed by atoms with Crippen molar-refractivity contribution in [2.24, 2.45) is 5.73 Å². The fourth-order valence-corrected chi connectivity index (χ4v) is 2.26. The first-order chi connectivity index (χ1) is 8.13. The van der Waals surface area contributed by atoms with Gasteiger partial charge in [-0.2, -0.15) is 0 Å². The zero-order chi connectivity index (χ0) is 12.2. The monoisotopic (exact) mass is 235 g/mol. The van der Waals surface area contributed by atoms with Crippen LogP contribution in [-0.2, 0) is 6.42 Å². The van der Waals surface area contributed by atoms with Crippen molar-refractivity contribution < 1.29 is 9.13 Å². The Bertz CT molecular complexity index is 680. The van der Waals surface area contributed by atoms with Gasteiger partial charge in [0.15, 0.2) is 0 Å². The molecular weight excluding hydrogens is 225 g/mol. The van der Waals surface area contributed by atoms with E-state index in [1.54, 1.807) is 0 Å². The van der Waals surface area contributed by atoms with Gasteiger partial charge in [0, 0.05) is 12.0 Å². The quantitative estimate of drug-likeness (QED) is 0.784. The first-order valence-corrected chi connectivity index (χ1v) is 5.16. The van der Waals surface area contributed by atoms with Crippen molar-refractivity contribution in [2.45, 2.75) is 12.6 Å². The molecule has 1 atom stereocenters. The van der Waals surface area contributed by atoms with Crippen LogP contribution in [0.4, 0.5) is 4.39 Å². The zero-order valence-corrected chi connectivity index (χ0v) is 9.11. The topological polar surface area (TPSA) is 70.1 Å². The minimum absolute atomic E-state index is 0.0209. The average molecular weight is 235 g/mol. The largest absolute Gasteiger partial charge is 0.477 e. The van der Waals surface area contributed by atoms with Crippen LogP contribution in [0.25, 0.3) is 11.0 Å². The third-order valence-corrected chi connectivity index (χ3v) is 3.01. The van der Waals surface area contributed by atoms with Crippen LogP contribution in [0.1, 0.15) is 11.7 Å². The lowest BCUT2D eigenvalue weighted by Crippen LogP contribution is -2.29. The van der Waals surface area contributed by atoms with E-state index in [0.29, 0.717) is 23.0 Å². The Morgan fingerprint density at radius 2 is 2.35 bits per heavy atom. The van der Waals surface area contributed by atoms with Crippen LogP contribution in [0.15, 0.2) is 16.9 Å². The molecule has 0 saturated carbocycles. The highest BCUT2D eigenvalue weighted by atomic mass is 19.1. The van der Waals surface area contributed by atoms with E-state index >= 15 is 0 Å². The number of methoxy groups -OCH3 is 1. The summed E-state index contributed by atoms with van der Waals surface area (Å²) in [5.41, 5.74) is 6.87. The van der Waals surface area contributed by atoms with E-state index in [4.69, 9.17) is 10.5 Å². The van der Waals surface area contributed by atoms with Crippen LogP contribution in [0.5, 0.6) is 5.88 Å². The van der Waals surface area contributed by atoms with Crippen molar-refractivity contribution in [1.82, 2.24) is 9.55 Å². The van der Waals surface area contributed by atoms with Crippen molar-refractivity contribution in [2.75, 3.05) is 7.11 Å². The average Bonchev–Trinajstić information content (AvgIpc) is 2.66. The summed E-state index contributed by atoms with van der Waals surface area (Å²) in [4.78, 5) is 16.0. The molecule has 17 heavy (non-hydrogen) atoms. The number of hydrogen-bond donors (Lipinski definition) is 1. The second-order valence-corrected chi connectivity index (χ2v) is 3.96. The highest BCUT2D eigenvalue weighted by Gasteiger charge is 2.27. The van der Waals surface area contributed by atoms with E-state index in [0.717, 1.165) is 0 Å². The van der Waals surface area contributed by atoms with Gasteiger partial charge < -0.3 is 10.5 Å². The molecule has 3 rings (SSSR count). The molecule has 0 aliphatic carbocycles. The normalized spacial score (nSPS) is 17.7. The molecule has 88 valence electrons. The molecule has 0 spiro atoms. The Balaban J connectivity index is 2.53. The molecule has 1 aromatic heterocycles. The molecule has 0 bridgehead atoms. The molecule has 1 aromatic carbocycles. The summed E-state index contributed by atoms with van der Waals surface area (Å²) < 4.78 is 19.9. The maximum atomic E-state index is 13.6. The predicted molar refractivity (Wildman–Crippen MR) is 59.4 cm³/mol. The summed E-state index contributed by atoms with van der Waals surface area (Å²) in [6, 6.07) is 2.85. The molecule has 1 unspecified atom stereocenters. The van der Waals surface area contributed by atoms with E-state index in [1.807, 2.05) is 0 Å². The van der Waals surface area contributed by atoms with Crippen LogP contribution in [0.3, 0.4) is 0 Å². The lowest BCUT2D eigenvalue weighted by molar-refractivity contribution is 0.384. The van der Waals surface area contributed by atoms with Gasteiger partial charge >= 0.3 is 5.56 Å². The molecule has 0 radical (unpaired) electrons. The van der Waals surface area contributed by atoms with Crippen LogP contribution < -0.4 is 16.0 Å². The molecule has 1 aliphatic rings. The third kappa shape index (κ3) is 1.21. The Morgan fingerprint density at radius 3 is 3.06 bits per heavy atom. The predicted octanol–water partition coefficient (Wildman–Crippen LogP) is 0.558. The number of ether oxygens (including phenoxy) is 1. The number of rotatable bonds is 1. The molecule has 2 aromatic rings. The zero-order valence-electron chi connectivity index (χ0n) is 9.11. The summed E-state index contributed by atoms with van der Waals surface area (Å²) in [5.74, 6) is -0.377. The van der Waals surface area contributed by atoms with Gasteiger partial charge in [0.05, 0.1) is 24.3 Å². The summed E-state index contributed by atoms with van der Waals surface area (Å²) in [7, 11) is 1.37. The Morgan fingerprint density at radius 1 is 1.59 bits per heavy atom. The van der Waals surface area contributed by atoms with E-state index in [-0.39, 0.29) is 11.7 Å². The van der Waals surface area contributed by atoms with Gasteiger partial charge in [0.25, 0.3) is 5.88 Å². The molecule has 0 amide bonds. The van der Waals surface area contributed by atoms with Gasteiger partial charge in [-0.1, -0.05) is 0 Å². The van der Waals surface area contributed by atoms with E-state index in [9.17, 15) is 9.18 Å². The maximum absolute atomic E-state index is 13.6. The fraction of sp³-hybridized carbons (Fsp3) is 0.273. The first kappa shape index (κ1) is 10.2. The fourth-order valence-electron chi connectivity index (χ4n) is 2.26. The van der Waals surface area contributed by atoms with Crippen LogP contribution in [-0.4, -0.2) is 16.7 Å². The maximum Gasteiger partial charge on any atom is 0.315 e. The molecule has 1 aliphatic heterocycles. The minimum atomic E-state index is -0.561. The highest BCUT2D eigenvalue weighted by molar-refractivity contribution is 5.81. The summed E-state index contributed by atoms with van der Waals surface area (Å²) in [5, 5.41) is 0. The van der Waals surface area contributed by atoms with Crippen LogP contribution >= 0.6 is 0 Å². The number of aromatic nitrogens is 2. The first-order valence-electron chi connectivity index (χ1n) is 5.16. The van der Waals surface area contributed by atoms with Crippen LogP contribution in [0.2, 0.25) is 0 Å². The van der Waals surface area contributed by atoms with Gasteiger partial charge in [0.1, 0.15) is 5.82 Å². The molecule has 0 fully saturated rings. The molecule has 6 heteroatoms. The van der Waals surface area contributed by atoms with Gasteiger partial charge in [-0.15, -0.1) is 0 Å². The van der Waals surface area contributed by atoms with E-state index in [2.05, 4.69) is 4.98 Å². The van der Waals surface area contributed by atoms with Gasteiger partial charge in [0.2, 0.25) is 0 Å². The molecule has 2 N–H and O–H groups in total. The van der Waals surface area contributed by atoms with Crippen molar-refractivity contribution in [3.05, 3.63) is 33.9 Å². The summed E-state index contributed by atoms with van der Waals surface area (Å²) >= 11 is 0. The van der Waals surface area contributed by atoms with Gasteiger partial charge in [-0.25, -0.2) is 9.37 Å². The SMILES string of the molecule is COc1nc2ccc(F)c3c2n(c1=O)C(N)C3. The van der Waals surface area contributed by atoms with Crippen LogP contribution in [0, 0.1) is 5.82 Å². The van der Waals surface area contributed by atoms with E-state index < -0.39 is 11.7 Å². The minimum Gasteiger partial charge on any atom is -0.477 e. The standard InChI is InChI=1S/C11H10FN3O2/c1-17-10-11(16)15-8(13)4-5-6(12)2-3-7(14-10)9(5)15/h2-3,8H,4,13H2,1H3. The smallest absolute Gasteiger partial charge is 0.315 e. The number of nitrogens with zero attached hydrogens (tertiary/aromatic N) is 2. The Kier molecular flexibility index (Phi) is 1.97. The second-order valence-electron chi connectivity index (χ2n) is 3.96. The van der Waals surface area contributed by atoms with E-state index in [1.165, 1.54) is 23.8 Å². The number of hydrogen-bond acceptors (Lipinski definition) is 4. The number of halogens is 1. The second kappa shape index (κ2) is 3.27. The van der Waals surface area contributed by atoms with Crippen molar-refractivity contribution >= 4 is 11.0 Å². The van der Waals surface area contributed by atoms with Crippen molar-refractivity contribution in [1.29, 1.82) is 0 Å². The summed E-state index contributed by atoms with van der Waals surface area (Å²) in [6.45, 7) is 0. The molecule has 0 saturated heterocycles. The lowest BCUT2D eigenvalue weighted by Gasteiger charge is -2.09. The van der Waals surface area contributed by atoms with Gasteiger partial charge in [-0.3, -0.25) is 9.36 Å². The molecule has 5 nitrogen and oxygen atoms in total. The highest BCUT2D eigenvalue weighted by Crippen LogP contribution is 2.30. The molecular formula is C11H10FN3O2. The summed E-state index contributed by atoms with van der Waals surface area (Å²) in [6.07, 6.45) is -0.262. The lowest BCUT2D eigenvalue weighted by atomic mass is 10.1. The van der Waals surface area contributed by atoms with Gasteiger partial charge in [-0.05, 0) is 12.1 Å². The Labute approximate surface area is 95.6 Å². The number of benzene rings is 1. The third-order valence-electron chi connectivity index (χ3n) is 3.01. The molecule has 2 heterocycles. The Hall–Kier alpha value is -1.95. The number of nitrogens with two attached hydrogens (primary N) is 1.